The van der Waals surface area contributed by atoms with Crippen LogP contribution in [0.1, 0.15) is 24.2 Å². The van der Waals surface area contributed by atoms with Crippen molar-refractivity contribution in [3.63, 3.8) is 0 Å². The minimum atomic E-state index is -1.21. The van der Waals surface area contributed by atoms with Crippen molar-refractivity contribution in [3.05, 3.63) is 29.8 Å². The summed E-state index contributed by atoms with van der Waals surface area (Å²) in [6.45, 7) is 3.58. The molecule has 1 aliphatic rings. The van der Waals surface area contributed by atoms with E-state index in [1.165, 1.54) is 0 Å². The molecule has 1 heterocycles. The highest BCUT2D eigenvalue weighted by Gasteiger charge is 2.40. The average molecular weight is 234 g/mol. The average Bonchev–Trinajstić information content (AvgIpc) is 2.29. The fourth-order valence-electron chi connectivity index (χ4n) is 1.76. The van der Waals surface area contributed by atoms with Crippen molar-refractivity contribution < 1.29 is 14.3 Å². The van der Waals surface area contributed by atoms with Gasteiger partial charge in [0.1, 0.15) is 0 Å². The second-order valence-corrected chi connectivity index (χ2v) is 3.97. The summed E-state index contributed by atoms with van der Waals surface area (Å²) in [5, 5.41) is 5.59. The maximum atomic E-state index is 11.9. The molecule has 5 heteroatoms. The second kappa shape index (κ2) is 4.08. The van der Waals surface area contributed by atoms with Gasteiger partial charge in [-0.2, -0.15) is 0 Å². The predicted octanol–water partition coefficient (Wildman–Crippen LogP) is 1.12. The number of anilines is 1. The smallest absolute Gasteiger partial charge is 0.352 e. The summed E-state index contributed by atoms with van der Waals surface area (Å²) < 4.78 is 4.93. The maximum Gasteiger partial charge on any atom is 0.352 e. The van der Waals surface area contributed by atoms with Crippen molar-refractivity contribution in [3.8, 4) is 0 Å². The molecule has 2 rings (SSSR count). The normalized spacial score (nSPS) is 22.1. The van der Waals surface area contributed by atoms with Crippen LogP contribution in [-0.4, -0.2) is 24.1 Å². The van der Waals surface area contributed by atoms with Crippen LogP contribution < -0.4 is 10.6 Å². The Kier molecular flexibility index (Phi) is 2.75. The number of ether oxygens (including phenoxy) is 1. The summed E-state index contributed by atoms with van der Waals surface area (Å²) in [7, 11) is 0. The van der Waals surface area contributed by atoms with E-state index in [1.54, 1.807) is 38.1 Å². The molecule has 0 aliphatic carbocycles. The van der Waals surface area contributed by atoms with E-state index >= 15 is 0 Å². The molecule has 17 heavy (non-hydrogen) atoms. The lowest BCUT2D eigenvalue weighted by molar-refractivity contribution is -0.148. The standard InChI is InChI=1S/C12H14N2O3/c1-3-17-11(16)12(2)13-9-7-5-4-6-8(9)10(15)14-12/h4-7,13H,3H2,1-2H3,(H,14,15). The van der Waals surface area contributed by atoms with Crippen LogP contribution in [0.2, 0.25) is 0 Å². The van der Waals surface area contributed by atoms with E-state index < -0.39 is 11.6 Å². The molecule has 0 fully saturated rings. The van der Waals surface area contributed by atoms with E-state index in [4.69, 9.17) is 4.74 Å². The lowest BCUT2D eigenvalue weighted by Gasteiger charge is -2.35. The number of carbonyl (C=O) groups is 2. The van der Waals surface area contributed by atoms with Crippen molar-refractivity contribution in [1.82, 2.24) is 5.32 Å². The Morgan fingerprint density at radius 3 is 2.76 bits per heavy atom. The third kappa shape index (κ3) is 1.95. The number of hydrogen-bond donors (Lipinski definition) is 2. The van der Waals surface area contributed by atoms with Crippen LogP contribution >= 0.6 is 0 Å². The van der Waals surface area contributed by atoms with Crippen LogP contribution in [0.5, 0.6) is 0 Å². The van der Waals surface area contributed by atoms with E-state index in [-0.39, 0.29) is 12.5 Å². The zero-order chi connectivity index (χ0) is 12.5. The fraction of sp³-hybridized carbons (Fsp3) is 0.333. The summed E-state index contributed by atoms with van der Waals surface area (Å²) in [6.07, 6.45) is 0. The molecule has 0 spiro atoms. The van der Waals surface area contributed by atoms with E-state index in [0.717, 1.165) is 0 Å². The van der Waals surface area contributed by atoms with Crippen LogP contribution in [0.25, 0.3) is 0 Å². The molecule has 0 bridgehead atoms. The van der Waals surface area contributed by atoms with Gasteiger partial charge in [0.15, 0.2) is 0 Å². The van der Waals surface area contributed by atoms with Gasteiger partial charge in [-0.05, 0) is 26.0 Å². The van der Waals surface area contributed by atoms with Gasteiger partial charge in [0.05, 0.1) is 12.2 Å². The number of amides is 1. The Hall–Kier alpha value is -2.04. The molecule has 0 saturated carbocycles. The lowest BCUT2D eigenvalue weighted by atomic mass is 10.0. The van der Waals surface area contributed by atoms with Crippen LogP contribution in [0, 0.1) is 0 Å². The van der Waals surface area contributed by atoms with Crippen molar-refractivity contribution >= 4 is 17.6 Å². The van der Waals surface area contributed by atoms with Gasteiger partial charge in [-0.15, -0.1) is 0 Å². The third-order valence-electron chi connectivity index (χ3n) is 2.60. The number of hydrogen-bond acceptors (Lipinski definition) is 4. The molecule has 1 atom stereocenters. The molecule has 5 nitrogen and oxygen atoms in total. The highest BCUT2D eigenvalue weighted by Crippen LogP contribution is 2.24. The molecule has 90 valence electrons. The Morgan fingerprint density at radius 2 is 2.06 bits per heavy atom. The number of fused-ring (bicyclic) bond motifs is 1. The van der Waals surface area contributed by atoms with Gasteiger partial charge in [-0.25, -0.2) is 4.79 Å². The fourth-order valence-corrected chi connectivity index (χ4v) is 1.76. The minimum absolute atomic E-state index is 0.271. The van der Waals surface area contributed by atoms with Crippen molar-refractivity contribution in [2.24, 2.45) is 0 Å². The van der Waals surface area contributed by atoms with Crippen molar-refractivity contribution in [1.29, 1.82) is 0 Å². The molecule has 0 radical (unpaired) electrons. The first-order valence-electron chi connectivity index (χ1n) is 5.44. The van der Waals surface area contributed by atoms with Gasteiger partial charge in [0.2, 0.25) is 5.66 Å². The molecule has 1 amide bonds. The molecule has 2 N–H and O–H groups in total. The molecule has 1 aliphatic heterocycles. The van der Waals surface area contributed by atoms with Gasteiger partial charge in [0.25, 0.3) is 5.91 Å². The summed E-state index contributed by atoms with van der Waals surface area (Å²) in [5.74, 6) is -0.780. The molecule has 1 unspecified atom stereocenters. The predicted molar refractivity (Wildman–Crippen MR) is 62.6 cm³/mol. The number of esters is 1. The van der Waals surface area contributed by atoms with Crippen molar-refractivity contribution in [2.45, 2.75) is 19.5 Å². The summed E-state index contributed by atoms with van der Waals surface area (Å²) in [5.41, 5.74) is -0.0531. The van der Waals surface area contributed by atoms with Crippen LogP contribution in [0.4, 0.5) is 5.69 Å². The van der Waals surface area contributed by atoms with Gasteiger partial charge in [0, 0.05) is 5.69 Å². The van der Waals surface area contributed by atoms with Crippen molar-refractivity contribution in [2.75, 3.05) is 11.9 Å². The summed E-state index contributed by atoms with van der Waals surface area (Å²) >= 11 is 0. The molecule has 1 aromatic rings. The third-order valence-corrected chi connectivity index (χ3v) is 2.60. The Morgan fingerprint density at radius 1 is 1.35 bits per heavy atom. The number of benzene rings is 1. The highest BCUT2D eigenvalue weighted by atomic mass is 16.5. The van der Waals surface area contributed by atoms with Crippen LogP contribution in [0.15, 0.2) is 24.3 Å². The van der Waals surface area contributed by atoms with Crippen LogP contribution in [-0.2, 0) is 9.53 Å². The monoisotopic (exact) mass is 234 g/mol. The van der Waals surface area contributed by atoms with E-state index in [1.807, 2.05) is 0 Å². The van der Waals surface area contributed by atoms with E-state index in [0.29, 0.717) is 11.3 Å². The van der Waals surface area contributed by atoms with E-state index in [9.17, 15) is 9.59 Å². The first-order chi connectivity index (χ1) is 8.07. The quantitative estimate of drug-likeness (QED) is 0.752. The van der Waals surface area contributed by atoms with Gasteiger partial charge in [-0.1, -0.05) is 12.1 Å². The highest BCUT2D eigenvalue weighted by molar-refractivity contribution is 6.06. The minimum Gasteiger partial charge on any atom is -0.463 e. The molecule has 0 aromatic heterocycles. The van der Waals surface area contributed by atoms with Gasteiger partial charge >= 0.3 is 5.97 Å². The Balaban J connectivity index is 2.33. The number of nitrogens with one attached hydrogen (secondary N) is 2. The zero-order valence-electron chi connectivity index (χ0n) is 9.74. The SMILES string of the molecule is CCOC(=O)C1(C)NC(=O)c2ccccc2N1. The van der Waals surface area contributed by atoms with E-state index in [2.05, 4.69) is 10.6 Å². The Labute approximate surface area is 99.2 Å². The first-order valence-corrected chi connectivity index (χ1v) is 5.44. The zero-order valence-corrected chi connectivity index (χ0v) is 9.74. The first kappa shape index (κ1) is 11.4. The van der Waals surface area contributed by atoms with Gasteiger partial charge < -0.3 is 15.4 Å². The number of rotatable bonds is 2. The molecule has 1 aromatic carbocycles. The summed E-state index contributed by atoms with van der Waals surface area (Å²) in [6, 6.07) is 7.02. The number of carbonyl (C=O) groups excluding carboxylic acids is 2. The topological polar surface area (TPSA) is 67.4 Å². The lowest BCUT2D eigenvalue weighted by Crippen LogP contribution is -2.61. The molecule has 0 saturated heterocycles. The largest absolute Gasteiger partial charge is 0.463 e. The maximum absolute atomic E-state index is 11.9. The molecular formula is C12H14N2O3. The van der Waals surface area contributed by atoms with Gasteiger partial charge in [-0.3, -0.25) is 4.79 Å². The molecular weight excluding hydrogens is 220 g/mol. The summed E-state index contributed by atoms with van der Waals surface area (Å²) in [4.78, 5) is 23.6. The van der Waals surface area contributed by atoms with Crippen LogP contribution in [0.3, 0.4) is 0 Å². The Bertz CT molecular complexity index is 473. The number of para-hydroxylation sites is 1. The second-order valence-electron chi connectivity index (χ2n) is 3.97.